The van der Waals surface area contributed by atoms with Crippen molar-refractivity contribution in [1.29, 1.82) is 0 Å². The zero-order valence-corrected chi connectivity index (χ0v) is 16.2. The Hall–Kier alpha value is -1.86. The Balaban J connectivity index is 1.58. The quantitative estimate of drug-likeness (QED) is 0.500. The van der Waals surface area contributed by atoms with Crippen LogP contribution in [0.4, 0.5) is 8.78 Å². The number of Topliss-reactive ketones (excluding diaryl/α,β-unsaturated/α-hetero) is 1. The molecule has 2 heterocycles. The molecule has 3 nitrogen and oxygen atoms in total. The third-order valence-corrected chi connectivity index (χ3v) is 5.94. The van der Waals surface area contributed by atoms with E-state index in [-0.39, 0.29) is 11.5 Å². The zero-order chi connectivity index (χ0) is 18.7. The summed E-state index contributed by atoms with van der Waals surface area (Å²) in [7, 11) is 0. The van der Waals surface area contributed by atoms with Crippen molar-refractivity contribution in [3.8, 4) is 0 Å². The van der Waals surface area contributed by atoms with Crippen LogP contribution in [0.25, 0.3) is 6.08 Å². The van der Waals surface area contributed by atoms with Gasteiger partial charge in [0.15, 0.2) is 5.78 Å². The van der Waals surface area contributed by atoms with Crippen molar-refractivity contribution < 1.29 is 18.4 Å². The lowest BCUT2D eigenvalue weighted by molar-refractivity contribution is -0.127. The summed E-state index contributed by atoms with van der Waals surface area (Å²) in [6.45, 7) is 0.843. The average Bonchev–Trinajstić information content (AvgIpc) is 3.06. The molecule has 1 saturated heterocycles. The second-order valence-corrected chi connectivity index (χ2v) is 8.56. The summed E-state index contributed by atoms with van der Waals surface area (Å²) in [6.07, 6.45) is 4.17. The summed E-state index contributed by atoms with van der Waals surface area (Å²) in [5.74, 6) is -2.24. The first-order chi connectivity index (χ1) is 12.4. The van der Waals surface area contributed by atoms with Crippen LogP contribution in [0.15, 0.2) is 40.2 Å². The number of halogens is 3. The van der Waals surface area contributed by atoms with Crippen molar-refractivity contribution >= 4 is 45.0 Å². The van der Waals surface area contributed by atoms with Crippen molar-refractivity contribution in [2.75, 3.05) is 13.1 Å². The number of amides is 1. The van der Waals surface area contributed by atoms with Crippen LogP contribution in [0.3, 0.4) is 0 Å². The Morgan fingerprint density at radius 3 is 2.54 bits per heavy atom. The van der Waals surface area contributed by atoms with Gasteiger partial charge < -0.3 is 4.90 Å². The summed E-state index contributed by atoms with van der Waals surface area (Å²) >= 11 is 4.90. The molecule has 1 aromatic carbocycles. The average molecular weight is 440 g/mol. The van der Waals surface area contributed by atoms with Gasteiger partial charge in [-0.1, -0.05) is 0 Å². The zero-order valence-electron chi connectivity index (χ0n) is 13.8. The number of hydrogen-bond acceptors (Lipinski definition) is 3. The van der Waals surface area contributed by atoms with Crippen LogP contribution in [-0.4, -0.2) is 29.7 Å². The van der Waals surface area contributed by atoms with E-state index in [1.54, 1.807) is 11.0 Å². The molecule has 26 heavy (non-hydrogen) atoms. The molecule has 0 saturated carbocycles. The highest BCUT2D eigenvalue weighted by molar-refractivity contribution is 9.11. The van der Waals surface area contributed by atoms with Crippen molar-refractivity contribution in [3.05, 3.63) is 62.3 Å². The van der Waals surface area contributed by atoms with E-state index in [1.807, 2.05) is 12.1 Å². The van der Waals surface area contributed by atoms with E-state index in [1.165, 1.54) is 17.4 Å². The van der Waals surface area contributed by atoms with Crippen LogP contribution < -0.4 is 0 Å². The molecule has 1 aliphatic heterocycles. The monoisotopic (exact) mass is 439 g/mol. The third kappa shape index (κ3) is 4.45. The lowest BCUT2D eigenvalue weighted by Gasteiger charge is -2.30. The van der Waals surface area contributed by atoms with E-state index < -0.39 is 23.3 Å². The molecule has 0 bridgehead atoms. The molecule has 1 aromatic heterocycles. The van der Waals surface area contributed by atoms with Crippen LogP contribution in [0, 0.1) is 17.6 Å². The number of likely N-dealkylation sites (tertiary alicyclic amines) is 1. The lowest BCUT2D eigenvalue weighted by atomic mass is 9.88. The van der Waals surface area contributed by atoms with Crippen LogP contribution >= 0.6 is 27.3 Å². The van der Waals surface area contributed by atoms with Crippen molar-refractivity contribution in [2.45, 2.75) is 12.8 Å². The van der Waals surface area contributed by atoms with Crippen molar-refractivity contribution in [3.63, 3.8) is 0 Å². The van der Waals surface area contributed by atoms with E-state index in [4.69, 9.17) is 0 Å². The van der Waals surface area contributed by atoms with Gasteiger partial charge in [-0.3, -0.25) is 9.59 Å². The first kappa shape index (κ1) is 18.9. The topological polar surface area (TPSA) is 37.4 Å². The summed E-state index contributed by atoms with van der Waals surface area (Å²) in [4.78, 5) is 27.3. The predicted molar refractivity (Wildman–Crippen MR) is 101 cm³/mol. The van der Waals surface area contributed by atoms with Crippen LogP contribution in [0.5, 0.6) is 0 Å². The highest BCUT2D eigenvalue weighted by atomic mass is 79.9. The molecule has 0 N–H and O–H groups in total. The molecule has 0 aliphatic carbocycles. The number of ketones is 1. The number of rotatable bonds is 4. The fourth-order valence-corrected chi connectivity index (χ4v) is 4.27. The smallest absolute Gasteiger partial charge is 0.246 e. The van der Waals surface area contributed by atoms with Gasteiger partial charge in [-0.05, 0) is 65.2 Å². The molecule has 1 aliphatic rings. The van der Waals surface area contributed by atoms with E-state index in [0.29, 0.717) is 25.9 Å². The van der Waals surface area contributed by atoms with Gasteiger partial charge in [0.25, 0.3) is 0 Å². The minimum Gasteiger partial charge on any atom is -0.339 e. The number of piperidine rings is 1. The molecular formula is C19H16BrF2NO2S. The maximum absolute atomic E-state index is 13.8. The fourth-order valence-electron chi connectivity index (χ4n) is 2.94. The largest absolute Gasteiger partial charge is 0.339 e. The highest BCUT2D eigenvalue weighted by Gasteiger charge is 2.28. The second kappa shape index (κ2) is 8.22. The Kier molecular flexibility index (Phi) is 5.98. The van der Waals surface area contributed by atoms with Gasteiger partial charge in [0.05, 0.1) is 9.35 Å². The summed E-state index contributed by atoms with van der Waals surface area (Å²) < 4.78 is 28.1. The fraction of sp³-hybridized carbons (Fsp3) is 0.263. The molecule has 1 fully saturated rings. The van der Waals surface area contributed by atoms with Crippen molar-refractivity contribution in [1.82, 2.24) is 4.90 Å². The molecular weight excluding hydrogens is 424 g/mol. The van der Waals surface area contributed by atoms with Crippen LogP contribution in [0.2, 0.25) is 0 Å². The van der Waals surface area contributed by atoms with Crippen LogP contribution in [0.1, 0.15) is 28.1 Å². The summed E-state index contributed by atoms with van der Waals surface area (Å²) in [5.41, 5.74) is -0.210. The van der Waals surface area contributed by atoms with Crippen molar-refractivity contribution in [2.24, 2.45) is 5.92 Å². The van der Waals surface area contributed by atoms with E-state index >= 15 is 0 Å². The molecule has 136 valence electrons. The summed E-state index contributed by atoms with van der Waals surface area (Å²) in [5, 5.41) is 0. The minimum atomic E-state index is -0.708. The van der Waals surface area contributed by atoms with Gasteiger partial charge in [0, 0.05) is 30.0 Å². The molecule has 1 amide bonds. The van der Waals surface area contributed by atoms with E-state index in [2.05, 4.69) is 15.9 Å². The van der Waals surface area contributed by atoms with Gasteiger partial charge in [-0.2, -0.15) is 0 Å². The molecule has 2 aromatic rings. The van der Waals surface area contributed by atoms with Gasteiger partial charge >= 0.3 is 0 Å². The number of benzene rings is 1. The second-order valence-electron chi connectivity index (χ2n) is 6.06. The number of carbonyl (C=O) groups excluding carboxylic acids is 2. The van der Waals surface area contributed by atoms with E-state index in [0.717, 1.165) is 26.9 Å². The molecule has 0 spiro atoms. The molecule has 7 heteroatoms. The Labute approximate surface area is 162 Å². The number of nitrogens with zero attached hydrogens (tertiary/aromatic N) is 1. The normalized spacial score (nSPS) is 15.6. The maximum atomic E-state index is 13.8. The predicted octanol–water partition coefficient (Wildman–Crippen LogP) is 4.92. The first-order valence-electron chi connectivity index (χ1n) is 8.15. The standard InChI is InChI=1S/C19H16BrF2NO2S/c20-17-5-2-14(26-17)3-6-18(24)23-9-7-12(8-10-23)19(25)15-11-13(21)1-4-16(15)22/h1-6,11-12H,7-10H2/b6-3-. The number of hydrogen-bond donors (Lipinski definition) is 0. The lowest BCUT2D eigenvalue weighted by Crippen LogP contribution is -2.39. The Morgan fingerprint density at radius 1 is 1.15 bits per heavy atom. The van der Waals surface area contributed by atoms with Gasteiger partial charge in [-0.15, -0.1) is 11.3 Å². The molecule has 0 radical (unpaired) electrons. The molecule has 0 unspecified atom stereocenters. The minimum absolute atomic E-state index is 0.114. The van der Waals surface area contributed by atoms with Crippen LogP contribution in [-0.2, 0) is 4.79 Å². The summed E-state index contributed by atoms with van der Waals surface area (Å²) in [6, 6.07) is 6.73. The van der Waals surface area contributed by atoms with Gasteiger partial charge in [0.1, 0.15) is 11.6 Å². The van der Waals surface area contributed by atoms with Gasteiger partial charge in [0.2, 0.25) is 5.91 Å². The molecule has 0 atom stereocenters. The first-order valence-corrected chi connectivity index (χ1v) is 9.76. The Morgan fingerprint density at radius 2 is 1.88 bits per heavy atom. The van der Waals surface area contributed by atoms with Gasteiger partial charge in [-0.25, -0.2) is 8.78 Å². The Bertz CT molecular complexity index is 857. The highest BCUT2D eigenvalue weighted by Crippen LogP contribution is 2.25. The number of carbonyl (C=O) groups is 2. The van der Waals surface area contributed by atoms with E-state index in [9.17, 15) is 18.4 Å². The number of thiophene rings is 1. The third-order valence-electron chi connectivity index (χ3n) is 4.36. The maximum Gasteiger partial charge on any atom is 0.246 e. The SMILES string of the molecule is O=C(c1cc(F)ccc1F)C1CCN(C(=O)/C=C\c2ccc(Br)s2)CC1. The molecule has 3 rings (SSSR count).